The first-order valence-corrected chi connectivity index (χ1v) is 6.05. The molecular formula is C13H19NO2S. The number of methoxy groups -OCH3 is 1. The average molecular weight is 253 g/mol. The lowest BCUT2D eigenvalue weighted by atomic mass is 10.1. The quantitative estimate of drug-likeness (QED) is 0.757. The van der Waals surface area contributed by atoms with Gasteiger partial charge in [-0.2, -0.15) is 0 Å². The second kappa shape index (κ2) is 7.25. The Hall–Kier alpha value is -1.13. The molecule has 0 aliphatic rings. The molecule has 0 fully saturated rings. The Morgan fingerprint density at radius 2 is 2.00 bits per heavy atom. The molecule has 0 heterocycles. The summed E-state index contributed by atoms with van der Waals surface area (Å²) in [5.41, 5.74) is 6.59. The number of hydrogen-bond donors (Lipinski definition) is 1. The molecule has 0 aliphatic heterocycles. The molecule has 2 N–H and O–H groups in total. The molecule has 4 heteroatoms. The SMILES string of the molecule is COCCC(C)Oc1ccc(CC(N)=S)cc1. The van der Waals surface area contributed by atoms with Gasteiger partial charge in [-0.25, -0.2) is 0 Å². The normalized spacial score (nSPS) is 12.1. The molecule has 0 radical (unpaired) electrons. The van der Waals surface area contributed by atoms with Gasteiger partial charge in [-0.1, -0.05) is 24.4 Å². The summed E-state index contributed by atoms with van der Waals surface area (Å²) in [4.78, 5) is 0.507. The number of benzene rings is 1. The molecule has 1 aromatic carbocycles. The predicted octanol–water partition coefficient (Wildman–Crippen LogP) is 2.32. The average Bonchev–Trinajstić information content (AvgIpc) is 2.28. The standard InChI is InChI=1S/C13H19NO2S/c1-10(7-8-15-2)16-12-5-3-11(4-6-12)9-13(14)17/h3-6,10H,7-9H2,1-2H3,(H2,14,17). The molecule has 1 unspecified atom stereocenters. The number of ether oxygens (including phenoxy) is 2. The Morgan fingerprint density at radius 1 is 1.35 bits per heavy atom. The van der Waals surface area contributed by atoms with Crippen molar-refractivity contribution in [3.8, 4) is 5.75 Å². The van der Waals surface area contributed by atoms with Crippen molar-refractivity contribution in [1.29, 1.82) is 0 Å². The van der Waals surface area contributed by atoms with Gasteiger partial charge in [0.2, 0.25) is 0 Å². The summed E-state index contributed by atoms with van der Waals surface area (Å²) in [6, 6.07) is 7.85. The molecule has 0 saturated heterocycles. The maximum atomic E-state index is 5.73. The highest BCUT2D eigenvalue weighted by atomic mass is 32.1. The molecule has 17 heavy (non-hydrogen) atoms. The molecule has 1 atom stereocenters. The van der Waals surface area contributed by atoms with E-state index in [4.69, 9.17) is 27.4 Å². The molecule has 3 nitrogen and oxygen atoms in total. The maximum Gasteiger partial charge on any atom is 0.119 e. The lowest BCUT2D eigenvalue weighted by Crippen LogP contribution is -2.14. The topological polar surface area (TPSA) is 44.5 Å². The summed E-state index contributed by atoms with van der Waals surface area (Å²) in [7, 11) is 1.69. The van der Waals surface area contributed by atoms with Gasteiger partial charge in [-0.15, -0.1) is 0 Å². The highest BCUT2D eigenvalue weighted by molar-refractivity contribution is 7.80. The predicted molar refractivity (Wildman–Crippen MR) is 73.5 cm³/mol. The summed E-state index contributed by atoms with van der Waals surface area (Å²) in [5.74, 6) is 0.861. The van der Waals surface area contributed by atoms with E-state index in [0.29, 0.717) is 18.0 Å². The minimum absolute atomic E-state index is 0.149. The van der Waals surface area contributed by atoms with Gasteiger partial charge < -0.3 is 15.2 Å². The van der Waals surface area contributed by atoms with Gasteiger partial charge in [0.05, 0.1) is 11.1 Å². The summed E-state index contributed by atoms with van der Waals surface area (Å²) in [6.07, 6.45) is 1.66. The van der Waals surface area contributed by atoms with E-state index in [1.807, 2.05) is 31.2 Å². The number of thiocarbonyl (C=S) groups is 1. The van der Waals surface area contributed by atoms with Crippen LogP contribution in [0.15, 0.2) is 24.3 Å². The highest BCUT2D eigenvalue weighted by Gasteiger charge is 2.03. The first-order valence-electron chi connectivity index (χ1n) is 5.64. The van der Waals surface area contributed by atoms with Gasteiger partial charge in [-0.3, -0.25) is 0 Å². The fourth-order valence-corrected chi connectivity index (χ4v) is 1.63. The van der Waals surface area contributed by atoms with Crippen molar-refractivity contribution in [3.63, 3.8) is 0 Å². The minimum Gasteiger partial charge on any atom is -0.491 e. The van der Waals surface area contributed by atoms with E-state index in [-0.39, 0.29) is 6.10 Å². The van der Waals surface area contributed by atoms with Crippen molar-refractivity contribution in [2.24, 2.45) is 5.73 Å². The van der Waals surface area contributed by atoms with Crippen LogP contribution in [0.4, 0.5) is 0 Å². The summed E-state index contributed by atoms with van der Waals surface area (Å²) in [5, 5.41) is 0. The second-order valence-corrected chi connectivity index (χ2v) is 4.52. The van der Waals surface area contributed by atoms with Gasteiger partial charge >= 0.3 is 0 Å². The van der Waals surface area contributed by atoms with E-state index in [9.17, 15) is 0 Å². The summed E-state index contributed by atoms with van der Waals surface area (Å²) >= 11 is 4.86. The molecule has 0 spiro atoms. The van der Waals surface area contributed by atoms with Crippen molar-refractivity contribution in [3.05, 3.63) is 29.8 Å². The van der Waals surface area contributed by atoms with E-state index in [0.717, 1.165) is 17.7 Å². The van der Waals surface area contributed by atoms with Crippen LogP contribution in [0.1, 0.15) is 18.9 Å². The van der Waals surface area contributed by atoms with Crippen LogP contribution in [0.2, 0.25) is 0 Å². The van der Waals surface area contributed by atoms with Gasteiger partial charge in [0.15, 0.2) is 0 Å². The van der Waals surface area contributed by atoms with Crippen molar-refractivity contribution < 1.29 is 9.47 Å². The monoisotopic (exact) mass is 253 g/mol. The van der Waals surface area contributed by atoms with Crippen LogP contribution < -0.4 is 10.5 Å². The summed E-state index contributed by atoms with van der Waals surface area (Å²) < 4.78 is 10.7. The van der Waals surface area contributed by atoms with E-state index in [1.54, 1.807) is 7.11 Å². The van der Waals surface area contributed by atoms with Crippen LogP contribution in [0.25, 0.3) is 0 Å². The summed E-state index contributed by atoms with van der Waals surface area (Å²) in [6.45, 7) is 2.74. The molecule has 1 aromatic rings. The molecule has 1 rings (SSSR count). The Bertz CT molecular complexity index is 351. The molecule has 0 bridgehead atoms. The van der Waals surface area contributed by atoms with E-state index >= 15 is 0 Å². The largest absolute Gasteiger partial charge is 0.491 e. The van der Waals surface area contributed by atoms with E-state index in [1.165, 1.54) is 0 Å². The lowest BCUT2D eigenvalue weighted by Gasteiger charge is -2.14. The molecule has 0 amide bonds. The van der Waals surface area contributed by atoms with Crippen LogP contribution in [0.3, 0.4) is 0 Å². The zero-order valence-corrected chi connectivity index (χ0v) is 11.1. The Morgan fingerprint density at radius 3 is 2.53 bits per heavy atom. The number of rotatable bonds is 7. The lowest BCUT2D eigenvalue weighted by molar-refractivity contribution is 0.135. The second-order valence-electron chi connectivity index (χ2n) is 4.00. The Balaban J connectivity index is 2.47. The number of nitrogens with two attached hydrogens (primary N) is 1. The van der Waals surface area contributed by atoms with Gasteiger partial charge in [-0.05, 0) is 24.6 Å². The molecule has 0 saturated carbocycles. The van der Waals surface area contributed by atoms with Crippen LogP contribution >= 0.6 is 12.2 Å². The van der Waals surface area contributed by atoms with Crippen LogP contribution in [0.5, 0.6) is 5.75 Å². The molecule has 0 aromatic heterocycles. The maximum absolute atomic E-state index is 5.73. The Kier molecular flexibility index (Phi) is 5.94. The van der Waals surface area contributed by atoms with E-state index in [2.05, 4.69) is 0 Å². The van der Waals surface area contributed by atoms with Crippen LogP contribution in [-0.2, 0) is 11.2 Å². The molecule has 0 aliphatic carbocycles. The zero-order chi connectivity index (χ0) is 12.7. The van der Waals surface area contributed by atoms with Gasteiger partial charge in [0, 0.05) is 26.6 Å². The smallest absolute Gasteiger partial charge is 0.119 e. The van der Waals surface area contributed by atoms with Crippen molar-refractivity contribution in [1.82, 2.24) is 0 Å². The van der Waals surface area contributed by atoms with Crippen molar-refractivity contribution in [2.45, 2.75) is 25.9 Å². The highest BCUT2D eigenvalue weighted by Crippen LogP contribution is 2.15. The molecular weight excluding hydrogens is 234 g/mol. The zero-order valence-electron chi connectivity index (χ0n) is 10.3. The van der Waals surface area contributed by atoms with Crippen molar-refractivity contribution in [2.75, 3.05) is 13.7 Å². The van der Waals surface area contributed by atoms with Crippen LogP contribution in [0, 0.1) is 0 Å². The fourth-order valence-electron chi connectivity index (χ4n) is 1.46. The van der Waals surface area contributed by atoms with Crippen LogP contribution in [-0.4, -0.2) is 24.8 Å². The third kappa shape index (κ3) is 5.65. The first kappa shape index (κ1) is 13.9. The first-order chi connectivity index (χ1) is 8.11. The minimum atomic E-state index is 0.149. The van der Waals surface area contributed by atoms with E-state index < -0.39 is 0 Å². The van der Waals surface area contributed by atoms with Gasteiger partial charge in [0.25, 0.3) is 0 Å². The third-order valence-electron chi connectivity index (χ3n) is 2.37. The number of hydrogen-bond acceptors (Lipinski definition) is 3. The molecule has 94 valence electrons. The fraction of sp³-hybridized carbons (Fsp3) is 0.462. The van der Waals surface area contributed by atoms with Crippen molar-refractivity contribution >= 4 is 17.2 Å². The Labute approximate surface area is 108 Å². The third-order valence-corrected chi connectivity index (χ3v) is 2.51. The van der Waals surface area contributed by atoms with Gasteiger partial charge in [0.1, 0.15) is 5.75 Å².